The molecule has 1 aliphatic heterocycles. The fourth-order valence-corrected chi connectivity index (χ4v) is 2.14. The standard InChI is InChI=1S/C15H18ClNO2/c1-15(2,3)17-14(18)13-12-7-5-4-6-10(12)8-11(9-16)19-13/h4-8,13H,9H2,1-3H3,(H,17,18). The first-order valence-electron chi connectivity index (χ1n) is 6.25. The molecule has 0 aromatic heterocycles. The first-order valence-corrected chi connectivity index (χ1v) is 6.78. The average Bonchev–Trinajstić information content (AvgIpc) is 2.35. The van der Waals surface area contributed by atoms with Crippen LogP contribution in [-0.4, -0.2) is 17.3 Å². The summed E-state index contributed by atoms with van der Waals surface area (Å²) in [4.78, 5) is 12.3. The van der Waals surface area contributed by atoms with E-state index in [-0.39, 0.29) is 17.3 Å². The van der Waals surface area contributed by atoms with Crippen molar-refractivity contribution in [3.8, 4) is 0 Å². The van der Waals surface area contributed by atoms with Crippen molar-refractivity contribution < 1.29 is 9.53 Å². The van der Waals surface area contributed by atoms with Gasteiger partial charge in [-0.05, 0) is 32.4 Å². The summed E-state index contributed by atoms with van der Waals surface area (Å²) in [5.41, 5.74) is 1.56. The molecule has 0 bridgehead atoms. The summed E-state index contributed by atoms with van der Waals surface area (Å²) >= 11 is 5.82. The molecule has 1 aromatic carbocycles. The molecule has 1 aliphatic rings. The third-order valence-corrected chi connectivity index (χ3v) is 3.00. The Morgan fingerprint density at radius 1 is 1.37 bits per heavy atom. The largest absolute Gasteiger partial charge is 0.479 e. The molecule has 0 saturated heterocycles. The first-order chi connectivity index (χ1) is 8.90. The molecule has 19 heavy (non-hydrogen) atoms. The van der Waals surface area contributed by atoms with Crippen molar-refractivity contribution in [3.05, 3.63) is 41.2 Å². The minimum Gasteiger partial charge on any atom is -0.479 e. The molecule has 0 saturated carbocycles. The second-order valence-corrected chi connectivity index (χ2v) is 5.88. The van der Waals surface area contributed by atoms with Crippen LogP contribution in [0.1, 0.15) is 38.0 Å². The van der Waals surface area contributed by atoms with Crippen LogP contribution in [0.4, 0.5) is 0 Å². The van der Waals surface area contributed by atoms with E-state index in [1.807, 2.05) is 51.1 Å². The molecule has 0 radical (unpaired) electrons. The number of nitrogens with one attached hydrogen (secondary N) is 1. The molecule has 102 valence electrons. The van der Waals surface area contributed by atoms with Gasteiger partial charge in [-0.1, -0.05) is 24.3 Å². The van der Waals surface area contributed by atoms with Crippen LogP contribution < -0.4 is 5.32 Å². The van der Waals surface area contributed by atoms with E-state index in [1.165, 1.54) is 0 Å². The van der Waals surface area contributed by atoms with E-state index >= 15 is 0 Å². The highest BCUT2D eigenvalue weighted by Gasteiger charge is 2.30. The van der Waals surface area contributed by atoms with E-state index in [0.29, 0.717) is 5.76 Å². The zero-order valence-corrected chi connectivity index (χ0v) is 12.1. The van der Waals surface area contributed by atoms with Gasteiger partial charge in [0, 0.05) is 11.1 Å². The van der Waals surface area contributed by atoms with Crippen LogP contribution in [0.15, 0.2) is 30.0 Å². The van der Waals surface area contributed by atoms with Crippen molar-refractivity contribution in [1.82, 2.24) is 5.32 Å². The highest BCUT2D eigenvalue weighted by Crippen LogP contribution is 2.32. The zero-order valence-electron chi connectivity index (χ0n) is 11.4. The highest BCUT2D eigenvalue weighted by molar-refractivity contribution is 6.19. The molecule has 3 nitrogen and oxygen atoms in total. The third kappa shape index (κ3) is 3.29. The molecular formula is C15H18ClNO2. The summed E-state index contributed by atoms with van der Waals surface area (Å²) in [6.45, 7) is 5.83. The third-order valence-electron chi connectivity index (χ3n) is 2.73. The molecule has 1 heterocycles. The van der Waals surface area contributed by atoms with E-state index in [0.717, 1.165) is 11.1 Å². The number of halogens is 1. The highest BCUT2D eigenvalue weighted by atomic mass is 35.5. The second-order valence-electron chi connectivity index (χ2n) is 5.61. The summed E-state index contributed by atoms with van der Waals surface area (Å²) in [5, 5.41) is 2.94. The first kappa shape index (κ1) is 13.9. The average molecular weight is 280 g/mol. The fourth-order valence-electron chi connectivity index (χ4n) is 2.00. The molecule has 4 heteroatoms. The molecule has 2 rings (SSSR count). The molecule has 1 atom stereocenters. The number of alkyl halides is 1. The molecule has 1 N–H and O–H groups in total. The van der Waals surface area contributed by atoms with Gasteiger partial charge >= 0.3 is 0 Å². The van der Waals surface area contributed by atoms with Gasteiger partial charge in [0.05, 0.1) is 5.88 Å². The van der Waals surface area contributed by atoms with Crippen LogP contribution in [0, 0.1) is 0 Å². The predicted molar refractivity (Wildman–Crippen MR) is 76.9 cm³/mol. The fraction of sp³-hybridized carbons (Fsp3) is 0.400. The van der Waals surface area contributed by atoms with E-state index in [4.69, 9.17) is 16.3 Å². The molecule has 1 amide bonds. The maximum absolute atomic E-state index is 12.3. The Morgan fingerprint density at radius 2 is 2.05 bits per heavy atom. The smallest absolute Gasteiger partial charge is 0.266 e. The molecule has 0 spiro atoms. The minimum absolute atomic E-state index is 0.143. The number of benzene rings is 1. The Hall–Kier alpha value is -1.48. The number of amides is 1. The monoisotopic (exact) mass is 279 g/mol. The Balaban J connectivity index is 2.32. The van der Waals surface area contributed by atoms with Gasteiger partial charge in [-0.15, -0.1) is 11.6 Å². The SMILES string of the molecule is CC(C)(C)NC(=O)C1OC(CCl)=Cc2ccccc21. The van der Waals surface area contributed by atoms with Gasteiger partial charge in [-0.25, -0.2) is 0 Å². The molecular weight excluding hydrogens is 262 g/mol. The van der Waals surface area contributed by atoms with Crippen molar-refractivity contribution in [2.75, 3.05) is 5.88 Å². The van der Waals surface area contributed by atoms with E-state index in [2.05, 4.69) is 5.32 Å². The number of rotatable bonds is 2. The predicted octanol–water partition coefficient (Wildman–Crippen LogP) is 3.25. The number of carbonyl (C=O) groups excluding carboxylic acids is 1. The van der Waals surface area contributed by atoms with Gasteiger partial charge in [-0.2, -0.15) is 0 Å². The van der Waals surface area contributed by atoms with Crippen molar-refractivity contribution in [1.29, 1.82) is 0 Å². The van der Waals surface area contributed by atoms with E-state index in [1.54, 1.807) is 0 Å². The van der Waals surface area contributed by atoms with Gasteiger partial charge < -0.3 is 10.1 Å². The maximum atomic E-state index is 12.3. The normalized spacial score (nSPS) is 18.1. The zero-order chi connectivity index (χ0) is 14.0. The van der Waals surface area contributed by atoms with Crippen molar-refractivity contribution in [2.45, 2.75) is 32.4 Å². The van der Waals surface area contributed by atoms with Gasteiger partial charge in [0.2, 0.25) is 6.10 Å². The van der Waals surface area contributed by atoms with Crippen molar-refractivity contribution in [2.24, 2.45) is 0 Å². The van der Waals surface area contributed by atoms with Gasteiger partial charge in [-0.3, -0.25) is 4.79 Å². The Labute approximate surface area is 118 Å². The molecule has 0 aliphatic carbocycles. The number of allylic oxidation sites excluding steroid dienone is 1. The number of hydrogen-bond donors (Lipinski definition) is 1. The summed E-state index contributed by atoms with van der Waals surface area (Å²) < 4.78 is 5.69. The van der Waals surface area contributed by atoms with Crippen LogP contribution in [0.25, 0.3) is 6.08 Å². The Morgan fingerprint density at radius 3 is 2.68 bits per heavy atom. The van der Waals surface area contributed by atoms with Crippen LogP contribution in [-0.2, 0) is 9.53 Å². The van der Waals surface area contributed by atoms with E-state index in [9.17, 15) is 4.79 Å². The summed E-state index contributed by atoms with van der Waals surface area (Å²) in [5.74, 6) is 0.735. The number of ether oxygens (including phenoxy) is 1. The lowest BCUT2D eigenvalue weighted by Crippen LogP contribution is -2.44. The molecule has 0 fully saturated rings. The van der Waals surface area contributed by atoms with Gasteiger partial charge in [0.1, 0.15) is 5.76 Å². The Bertz CT molecular complexity index is 517. The molecule has 1 aromatic rings. The summed E-state index contributed by atoms with van der Waals surface area (Å²) in [6, 6.07) is 7.70. The van der Waals surface area contributed by atoms with Gasteiger partial charge in [0.25, 0.3) is 5.91 Å². The lowest BCUT2D eigenvalue weighted by molar-refractivity contribution is -0.132. The van der Waals surface area contributed by atoms with Crippen LogP contribution in [0.2, 0.25) is 0 Å². The van der Waals surface area contributed by atoms with Crippen molar-refractivity contribution in [3.63, 3.8) is 0 Å². The number of carbonyl (C=O) groups is 1. The summed E-state index contributed by atoms with van der Waals surface area (Å²) in [6.07, 6.45) is 1.25. The van der Waals surface area contributed by atoms with Crippen LogP contribution in [0.5, 0.6) is 0 Å². The summed E-state index contributed by atoms with van der Waals surface area (Å²) in [7, 11) is 0. The number of fused-ring (bicyclic) bond motifs is 1. The lowest BCUT2D eigenvalue weighted by atomic mass is 9.98. The Kier molecular flexibility index (Phi) is 3.85. The van der Waals surface area contributed by atoms with Crippen LogP contribution >= 0.6 is 11.6 Å². The lowest BCUT2D eigenvalue weighted by Gasteiger charge is -2.29. The molecule has 1 unspecified atom stereocenters. The topological polar surface area (TPSA) is 38.3 Å². The maximum Gasteiger partial charge on any atom is 0.266 e. The minimum atomic E-state index is -0.630. The van der Waals surface area contributed by atoms with Crippen LogP contribution in [0.3, 0.4) is 0 Å². The van der Waals surface area contributed by atoms with Gasteiger partial charge in [0.15, 0.2) is 0 Å². The van der Waals surface area contributed by atoms with E-state index < -0.39 is 6.10 Å². The quantitative estimate of drug-likeness (QED) is 0.844. The van der Waals surface area contributed by atoms with Crippen molar-refractivity contribution >= 4 is 23.6 Å². The number of hydrogen-bond acceptors (Lipinski definition) is 2. The second kappa shape index (κ2) is 5.25.